The van der Waals surface area contributed by atoms with E-state index >= 15 is 0 Å². The van der Waals surface area contributed by atoms with Crippen molar-refractivity contribution in [2.24, 2.45) is 11.8 Å². The van der Waals surface area contributed by atoms with Crippen molar-refractivity contribution >= 4 is 0 Å². The molecule has 1 fully saturated rings. The van der Waals surface area contributed by atoms with E-state index in [-0.39, 0.29) is 0 Å². The molecule has 2 atom stereocenters. The Morgan fingerprint density at radius 2 is 1.25 bits per heavy atom. The zero-order valence-corrected chi connectivity index (χ0v) is 8.40. The molecule has 68 valence electrons. The number of rotatable bonds is 0. The van der Waals surface area contributed by atoms with Gasteiger partial charge in [0.25, 0.3) is 0 Å². The van der Waals surface area contributed by atoms with Crippen molar-refractivity contribution < 1.29 is 0 Å². The van der Waals surface area contributed by atoms with Crippen LogP contribution in [0.5, 0.6) is 0 Å². The SMILES string of the molecule is CC1=C(C)CC2CCCCC2C1. The normalized spacial score (nSPS) is 36.5. The van der Waals surface area contributed by atoms with Gasteiger partial charge in [-0.2, -0.15) is 0 Å². The van der Waals surface area contributed by atoms with Crippen LogP contribution in [0.15, 0.2) is 11.1 Å². The second kappa shape index (κ2) is 3.24. The molecule has 0 aromatic rings. The average Bonchev–Trinajstić information content (AvgIpc) is 2.07. The lowest BCUT2D eigenvalue weighted by Crippen LogP contribution is -2.23. The topological polar surface area (TPSA) is 0 Å². The molecule has 2 aliphatic rings. The van der Waals surface area contributed by atoms with Crippen molar-refractivity contribution in [2.45, 2.75) is 52.4 Å². The first kappa shape index (κ1) is 8.34. The van der Waals surface area contributed by atoms with E-state index in [2.05, 4.69) is 13.8 Å². The molecule has 0 amide bonds. The van der Waals surface area contributed by atoms with Crippen LogP contribution in [0.25, 0.3) is 0 Å². The standard InChI is InChI=1S/C12H20/c1-9-7-11-5-3-4-6-12(11)8-10(9)2/h11-12H,3-8H2,1-2H3. The highest BCUT2D eigenvalue weighted by Crippen LogP contribution is 2.42. The van der Waals surface area contributed by atoms with E-state index in [1.807, 2.05) is 0 Å². The zero-order valence-electron chi connectivity index (χ0n) is 8.40. The third-order valence-electron chi connectivity index (χ3n) is 3.93. The second-order valence-corrected chi connectivity index (χ2v) is 4.77. The summed E-state index contributed by atoms with van der Waals surface area (Å²) in [5, 5.41) is 0. The first-order valence-electron chi connectivity index (χ1n) is 5.42. The molecular weight excluding hydrogens is 144 g/mol. The lowest BCUT2D eigenvalue weighted by Gasteiger charge is -2.36. The smallest absolute Gasteiger partial charge is 0.0289 e. The fourth-order valence-electron chi connectivity index (χ4n) is 2.96. The lowest BCUT2D eigenvalue weighted by atomic mass is 9.69. The van der Waals surface area contributed by atoms with Crippen LogP contribution in [-0.2, 0) is 0 Å². The Balaban J connectivity index is 2.10. The molecule has 0 heteroatoms. The van der Waals surface area contributed by atoms with E-state index in [9.17, 15) is 0 Å². The predicted octanol–water partition coefficient (Wildman–Crippen LogP) is 3.92. The number of hydrogen-bond donors (Lipinski definition) is 0. The van der Waals surface area contributed by atoms with Gasteiger partial charge in [-0.3, -0.25) is 0 Å². The van der Waals surface area contributed by atoms with Crippen molar-refractivity contribution in [1.82, 2.24) is 0 Å². The Labute approximate surface area is 76.1 Å². The van der Waals surface area contributed by atoms with Crippen LogP contribution in [-0.4, -0.2) is 0 Å². The first-order chi connectivity index (χ1) is 5.77. The molecule has 2 rings (SSSR count). The largest absolute Gasteiger partial charge is 0.0741 e. The maximum absolute atomic E-state index is 2.33. The Morgan fingerprint density at radius 3 is 1.67 bits per heavy atom. The highest BCUT2D eigenvalue weighted by Gasteiger charge is 2.28. The minimum absolute atomic E-state index is 1.06. The molecule has 0 aromatic carbocycles. The third-order valence-corrected chi connectivity index (χ3v) is 3.93. The number of fused-ring (bicyclic) bond motifs is 1. The van der Waals surface area contributed by atoms with Gasteiger partial charge in [0, 0.05) is 0 Å². The van der Waals surface area contributed by atoms with Crippen LogP contribution in [0.2, 0.25) is 0 Å². The summed E-state index contributed by atoms with van der Waals surface area (Å²) in [5.74, 6) is 2.12. The van der Waals surface area contributed by atoms with E-state index in [4.69, 9.17) is 0 Å². The average molecular weight is 164 g/mol. The molecular formula is C12H20. The summed E-state index contributed by atoms with van der Waals surface area (Å²) in [6.07, 6.45) is 8.83. The molecule has 0 aliphatic heterocycles. The first-order valence-corrected chi connectivity index (χ1v) is 5.42. The van der Waals surface area contributed by atoms with Crippen LogP contribution < -0.4 is 0 Å². The maximum Gasteiger partial charge on any atom is -0.0289 e. The molecule has 0 radical (unpaired) electrons. The van der Waals surface area contributed by atoms with Gasteiger partial charge < -0.3 is 0 Å². The van der Waals surface area contributed by atoms with Gasteiger partial charge in [-0.05, 0) is 51.4 Å². The fourth-order valence-corrected chi connectivity index (χ4v) is 2.96. The van der Waals surface area contributed by atoms with Gasteiger partial charge in [0.2, 0.25) is 0 Å². The minimum atomic E-state index is 1.06. The van der Waals surface area contributed by atoms with Crippen molar-refractivity contribution in [3.63, 3.8) is 0 Å². The molecule has 12 heavy (non-hydrogen) atoms. The van der Waals surface area contributed by atoms with E-state index in [1.54, 1.807) is 11.1 Å². The summed E-state index contributed by atoms with van der Waals surface area (Å²) in [7, 11) is 0. The van der Waals surface area contributed by atoms with E-state index < -0.39 is 0 Å². The molecule has 0 saturated heterocycles. The molecule has 0 spiro atoms. The maximum atomic E-state index is 2.33. The zero-order chi connectivity index (χ0) is 8.55. The Hall–Kier alpha value is -0.260. The summed E-state index contributed by atoms with van der Waals surface area (Å²) in [6.45, 7) is 4.67. The third kappa shape index (κ3) is 1.44. The summed E-state index contributed by atoms with van der Waals surface area (Å²) >= 11 is 0. The molecule has 0 N–H and O–H groups in total. The highest BCUT2D eigenvalue weighted by molar-refractivity contribution is 5.15. The molecule has 0 nitrogen and oxygen atoms in total. The molecule has 0 aromatic heterocycles. The van der Waals surface area contributed by atoms with Crippen molar-refractivity contribution in [3.05, 3.63) is 11.1 Å². The van der Waals surface area contributed by atoms with Crippen molar-refractivity contribution in [2.75, 3.05) is 0 Å². The summed E-state index contributed by atoms with van der Waals surface area (Å²) in [5.41, 5.74) is 3.39. The number of allylic oxidation sites excluding steroid dienone is 2. The van der Waals surface area contributed by atoms with Gasteiger partial charge in [0.15, 0.2) is 0 Å². The molecule has 1 saturated carbocycles. The van der Waals surface area contributed by atoms with Crippen molar-refractivity contribution in [1.29, 1.82) is 0 Å². The van der Waals surface area contributed by atoms with Gasteiger partial charge in [0.1, 0.15) is 0 Å². The Morgan fingerprint density at radius 1 is 0.833 bits per heavy atom. The highest BCUT2D eigenvalue weighted by atomic mass is 14.3. The molecule has 2 aliphatic carbocycles. The van der Waals surface area contributed by atoms with Crippen LogP contribution in [0.4, 0.5) is 0 Å². The predicted molar refractivity (Wildman–Crippen MR) is 53.1 cm³/mol. The summed E-state index contributed by atoms with van der Waals surface area (Å²) in [6, 6.07) is 0. The summed E-state index contributed by atoms with van der Waals surface area (Å²) < 4.78 is 0. The van der Waals surface area contributed by atoms with Gasteiger partial charge in [-0.1, -0.05) is 24.0 Å². The molecule has 0 bridgehead atoms. The van der Waals surface area contributed by atoms with Gasteiger partial charge >= 0.3 is 0 Å². The Kier molecular flexibility index (Phi) is 2.25. The molecule has 0 heterocycles. The Bertz CT molecular complexity index is 178. The van der Waals surface area contributed by atoms with Crippen LogP contribution in [0, 0.1) is 11.8 Å². The van der Waals surface area contributed by atoms with Gasteiger partial charge in [-0.15, -0.1) is 0 Å². The lowest BCUT2D eigenvalue weighted by molar-refractivity contribution is 0.220. The van der Waals surface area contributed by atoms with Crippen LogP contribution in [0.1, 0.15) is 52.4 Å². The van der Waals surface area contributed by atoms with Gasteiger partial charge in [0.05, 0.1) is 0 Å². The number of hydrogen-bond acceptors (Lipinski definition) is 0. The second-order valence-electron chi connectivity index (χ2n) is 4.77. The summed E-state index contributed by atoms with van der Waals surface area (Å²) in [4.78, 5) is 0. The quantitative estimate of drug-likeness (QED) is 0.476. The van der Waals surface area contributed by atoms with Crippen LogP contribution >= 0.6 is 0 Å². The monoisotopic (exact) mass is 164 g/mol. The van der Waals surface area contributed by atoms with E-state index in [0.29, 0.717) is 0 Å². The van der Waals surface area contributed by atoms with Crippen LogP contribution in [0.3, 0.4) is 0 Å². The fraction of sp³-hybridized carbons (Fsp3) is 0.833. The van der Waals surface area contributed by atoms with E-state index in [0.717, 1.165) is 11.8 Å². The van der Waals surface area contributed by atoms with E-state index in [1.165, 1.54) is 38.5 Å². The molecule has 2 unspecified atom stereocenters. The van der Waals surface area contributed by atoms with Gasteiger partial charge in [-0.25, -0.2) is 0 Å². The minimum Gasteiger partial charge on any atom is -0.0741 e. The van der Waals surface area contributed by atoms with Crippen molar-refractivity contribution in [3.8, 4) is 0 Å².